The molecule has 8 heteroatoms. The molecule has 4 heterocycles. The van der Waals surface area contributed by atoms with Gasteiger partial charge in [0.1, 0.15) is 28.6 Å². The molecule has 0 bridgehead atoms. The third-order valence-electron chi connectivity index (χ3n) is 6.06. The number of nitrogen functional groups attached to an aromatic ring is 1. The Labute approximate surface area is 204 Å². The second-order valence-electron chi connectivity index (χ2n) is 8.94. The van der Waals surface area contributed by atoms with Crippen molar-refractivity contribution in [2.45, 2.75) is 32.7 Å². The van der Waals surface area contributed by atoms with Crippen molar-refractivity contribution in [3.8, 4) is 22.9 Å². The molecule has 1 amide bonds. The number of pyridine rings is 1. The molecule has 0 unspecified atom stereocenters. The maximum Gasteiger partial charge on any atom is 0.246 e. The third kappa shape index (κ3) is 4.59. The van der Waals surface area contributed by atoms with Crippen LogP contribution in [-0.2, 0) is 4.79 Å². The summed E-state index contributed by atoms with van der Waals surface area (Å²) in [5.41, 5.74) is 8.67. The maximum absolute atomic E-state index is 12.9. The van der Waals surface area contributed by atoms with Gasteiger partial charge in [0, 0.05) is 36.8 Å². The van der Waals surface area contributed by atoms with Crippen LogP contribution in [0.2, 0.25) is 0 Å². The number of benzene rings is 1. The lowest BCUT2D eigenvalue weighted by Gasteiger charge is -2.22. The number of aromatic nitrogens is 4. The van der Waals surface area contributed by atoms with Crippen LogP contribution in [0.5, 0.6) is 11.6 Å². The minimum atomic E-state index is -0.130. The van der Waals surface area contributed by atoms with Crippen LogP contribution in [0.25, 0.3) is 16.8 Å². The Kier molecular flexibility index (Phi) is 6.18. The summed E-state index contributed by atoms with van der Waals surface area (Å²) in [7, 11) is 0. The van der Waals surface area contributed by atoms with Crippen LogP contribution in [0.3, 0.4) is 0 Å². The number of rotatable bonds is 6. The standard InChI is InChI=1S/C27H28N6O2/c1-18(2)8-13-23(34)32-16-5-6-21(32)27-31-24(25-26(28)30-15-17-33(25)27)19-9-11-20(12-10-19)35-22-7-3-4-14-29-22/h3-4,7-15,17-18,21H,5-6,16H2,1-2H3,(H2,28,30)/b13-8+/t21-/m0/s1. The van der Waals surface area contributed by atoms with Crippen LogP contribution in [0, 0.1) is 5.92 Å². The van der Waals surface area contributed by atoms with Crippen LogP contribution in [0.1, 0.15) is 38.6 Å². The lowest BCUT2D eigenvalue weighted by molar-refractivity contribution is -0.127. The summed E-state index contributed by atoms with van der Waals surface area (Å²) in [5, 5.41) is 0. The van der Waals surface area contributed by atoms with E-state index in [0.717, 1.165) is 35.4 Å². The average Bonchev–Trinajstić information content (AvgIpc) is 3.49. The van der Waals surface area contributed by atoms with Gasteiger partial charge in [-0.1, -0.05) is 26.0 Å². The first-order valence-electron chi connectivity index (χ1n) is 11.8. The highest BCUT2D eigenvalue weighted by Gasteiger charge is 2.33. The Bertz CT molecular complexity index is 1360. The molecule has 5 rings (SSSR count). The lowest BCUT2D eigenvalue weighted by Crippen LogP contribution is -2.30. The van der Waals surface area contributed by atoms with E-state index >= 15 is 0 Å². The highest BCUT2D eigenvalue weighted by Crippen LogP contribution is 2.37. The molecule has 3 aromatic heterocycles. The monoisotopic (exact) mass is 468 g/mol. The van der Waals surface area contributed by atoms with Crippen molar-refractivity contribution in [3.63, 3.8) is 0 Å². The van der Waals surface area contributed by atoms with Crippen molar-refractivity contribution in [2.75, 3.05) is 12.3 Å². The summed E-state index contributed by atoms with van der Waals surface area (Å²) in [4.78, 5) is 28.4. The summed E-state index contributed by atoms with van der Waals surface area (Å²) in [5.74, 6) is 2.71. The minimum Gasteiger partial charge on any atom is -0.439 e. The molecule has 1 fully saturated rings. The fourth-order valence-corrected chi connectivity index (χ4v) is 4.40. The van der Waals surface area contributed by atoms with E-state index in [4.69, 9.17) is 15.5 Å². The average molecular weight is 469 g/mol. The lowest BCUT2D eigenvalue weighted by atomic mass is 10.1. The number of carbonyl (C=O) groups excluding carboxylic acids is 1. The number of anilines is 1. The van der Waals surface area contributed by atoms with Gasteiger partial charge < -0.3 is 15.4 Å². The number of nitrogens with zero attached hydrogens (tertiary/aromatic N) is 5. The molecule has 0 aliphatic carbocycles. The van der Waals surface area contributed by atoms with Gasteiger partial charge in [-0.05, 0) is 55.2 Å². The predicted octanol–water partition coefficient (Wildman–Crippen LogP) is 5.04. The van der Waals surface area contributed by atoms with Gasteiger partial charge in [0.15, 0.2) is 0 Å². The van der Waals surface area contributed by atoms with Gasteiger partial charge in [0.2, 0.25) is 11.8 Å². The number of hydrogen-bond acceptors (Lipinski definition) is 6. The van der Waals surface area contributed by atoms with Gasteiger partial charge in [-0.3, -0.25) is 9.20 Å². The topological polar surface area (TPSA) is 98.6 Å². The van der Waals surface area contributed by atoms with Crippen molar-refractivity contribution < 1.29 is 9.53 Å². The molecule has 1 atom stereocenters. The van der Waals surface area contributed by atoms with E-state index in [0.29, 0.717) is 29.9 Å². The second kappa shape index (κ2) is 9.58. The van der Waals surface area contributed by atoms with Crippen LogP contribution in [-0.4, -0.2) is 36.7 Å². The molecular weight excluding hydrogens is 440 g/mol. The summed E-state index contributed by atoms with van der Waals surface area (Å²) < 4.78 is 7.79. The number of likely N-dealkylation sites (tertiary alicyclic amines) is 1. The maximum atomic E-state index is 12.9. The Morgan fingerprint density at radius 2 is 1.97 bits per heavy atom. The number of amides is 1. The first-order chi connectivity index (χ1) is 17.0. The second-order valence-corrected chi connectivity index (χ2v) is 8.94. The molecular formula is C27H28N6O2. The summed E-state index contributed by atoms with van der Waals surface area (Å²) >= 11 is 0. The molecule has 1 aliphatic heterocycles. The fraction of sp³-hybridized carbons (Fsp3) is 0.259. The van der Waals surface area contributed by atoms with Gasteiger partial charge >= 0.3 is 0 Å². The van der Waals surface area contributed by atoms with E-state index in [1.165, 1.54) is 0 Å². The van der Waals surface area contributed by atoms with E-state index < -0.39 is 0 Å². The van der Waals surface area contributed by atoms with Gasteiger partial charge in [0.05, 0.1) is 6.04 Å². The van der Waals surface area contributed by atoms with E-state index in [1.54, 1.807) is 24.5 Å². The number of allylic oxidation sites excluding steroid dienone is 1. The first kappa shape index (κ1) is 22.6. The van der Waals surface area contributed by atoms with Crippen molar-refractivity contribution >= 4 is 17.2 Å². The molecule has 0 spiro atoms. The molecule has 178 valence electrons. The van der Waals surface area contributed by atoms with Gasteiger partial charge in [-0.15, -0.1) is 0 Å². The predicted molar refractivity (Wildman–Crippen MR) is 135 cm³/mol. The first-order valence-corrected chi connectivity index (χ1v) is 11.8. The largest absolute Gasteiger partial charge is 0.439 e. The highest BCUT2D eigenvalue weighted by molar-refractivity contribution is 5.89. The number of imidazole rings is 1. The van der Waals surface area contributed by atoms with Gasteiger partial charge in [-0.25, -0.2) is 15.0 Å². The fourth-order valence-electron chi connectivity index (χ4n) is 4.40. The Morgan fingerprint density at radius 1 is 1.14 bits per heavy atom. The van der Waals surface area contributed by atoms with Gasteiger partial charge in [-0.2, -0.15) is 0 Å². The van der Waals surface area contributed by atoms with Crippen molar-refractivity contribution in [2.24, 2.45) is 5.92 Å². The summed E-state index contributed by atoms with van der Waals surface area (Å²) in [6.45, 7) is 4.82. The highest BCUT2D eigenvalue weighted by atomic mass is 16.5. The zero-order valence-electron chi connectivity index (χ0n) is 19.8. The molecule has 0 saturated carbocycles. The van der Waals surface area contributed by atoms with E-state index in [2.05, 4.69) is 23.8 Å². The van der Waals surface area contributed by atoms with E-state index in [9.17, 15) is 4.79 Å². The number of carbonyl (C=O) groups is 1. The normalized spacial score (nSPS) is 16.0. The Morgan fingerprint density at radius 3 is 2.71 bits per heavy atom. The van der Waals surface area contributed by atoms with Crippen LogP contribution >= 0.6 is 0 Å². The number of fused-ring (bicyclic) bond motifs is 1. The third-order valence-corrected chi connectivity index (χ3v) is 6.06. The summed E-state index contributed by atoms with van der Waals surface area (Å²) in [6, 6.07) is 13.0. The molecule has 0 radical (unpaired) electrons. The quantitative estimate of drug-likeness (QED) is 0.398. The number of hydrogen-bond donors (Lipinski definition) is 1. The van der Waals surface area contributed by atoms with Gasteiger partial charge in [0.25, 0.3) is 0 Å². The molecule has 1 aliphatic rings. The van der Waals surface area contributed by atoms with Crippen molar-refractivity contribution in [3.05, 3.63) is 79.0 Å². The zero-order chi connectivity index (χ0) is 24.4. The molecule has 8 nitrogen and oxygen atoms in total. The number of nitrogens with two attached hydrogens (primary N) is 1. The molecule has 1 saturated heterocycles. The SMILES string of the molecule is CC(C)/C=C/C(=O)N1CCC[C@H]1c1nc(-c2ccc(Oc3ccccn3)cc2)c2c(N)nccn12. The summed E-state index contributed by atoms with van der Waals surface area (Å²) in [6.07, 6.45) is 10.6. The van der Waals surface area contributed by atoms with E-state index in [-0.39, 0.29) is 11.9 Å². The van der Waals surface area contributed by atoms with E-state index in [1.807, 2.05) is 58.0 Å². The molecule has 2 N–H and O–H groups in total. The minimum absolute atomic E-state index is 0.0116. The van der Waals surface area contributed by atoms with Crippen molar-refractivity contribution in [1.29, 1.82) is 0 Å². The van der Waals surface area contributed by atoms with Crippen LogP contribution in [0.4, 0.5) is 5.82 Å². The van der Waals surface area contributed by atoms with Crippen LogP contribution in [0.15, 0.2) is 73.2 Å². The van der Waals surface area contributed by atoms with Crippen LogP contribution < -0.4 is 10.5 Å². The Balaban J connectivity index is 1.50. The smallest absolute Gasteiger partial charge is 0.246 e. The van der Waals surface area contributed by atoms with Crippen molar-refractivity contribution in [1.82, 2.24) is 24.3 Å². The molecule has 4 aromatic rings. The molecule has 1 aromatic carbocycles. The zero-order valence-corrected chi connectivity index (χ0v) is 19.8. The Hall–Kier alpha value is -4.20. The molecule has 35 heavy (non-hydrogen) atoms. The number of ether oxygens (including phenoxy) is 1.